The minimum Gasteiger partial charge on any atom is -0.387 e. The predicted molar refractivity (Wildman–Crippen MR) is 125 cm³/mol. The lowest BCUT2D eigenvalue weighted by Crippen LogP contribution is -2.60. The first-order chi connectivity index (χ1) is 15.2. The highest BCUT2D eigenvalue weighted by Gasteiger charge is 2.48. The zero-order valence-corrected chi connectivity index (χ0v) is 19.7. The number of unbranched alkanes of at least 4 members (excludes halogenated alkanes) is 9. The molecule has 1 aromatic carbocycles. The monoisotopic (exact) mass is 452 g/mol. The van der Waals surface area contributed by atoms with Gasteiger partial charge < -0.3 is 24.4 Å². The van der Waals surface area contributed by atoms with Crippen LogP contribution in [0.5, 0.6) is 0 Å². The van der Waals surface area contributed by atoms with Crippen LogP contribution in [0.3, 0.4) is 0 Å². The molecule has 2 fully saturated rings. The molecule has 2 aliphatic heterocycles. The summed E-state index contributed by atoms with van der Waals surface area (Å²) in [6.45, 7) is 2.61. The van der Waals surface area contributed by atoms with Gasteiger partial charge in [-0.1, -0.05) is 95.0 Å². The molecule has 1 unspecified atom stereocenters. The van der Waals surface area contributed by atoms with E-state index in [4.69, 9.17) is 14.2 Å². The highest BCUT2D eigenvalue weighted by molar-refractivity contribution is 7.99. The number of fused-ring (bicyclic) bond motifs is 1. The van der Waals surface area contributed by atoms with Crippen LogP contribution in [0.1, 0.15) is 83.0 Å². The molecule has 0 spiro atoms. The predicted octanol–water partition coefficient (Wildman–Crippen LogP) is 5.20. The Kier molecular flexibility index (Phi) is 11.1. The molecule has 0 aliphatic carbocycles. The van der Waals surface area contributed by atoms with Crippen LogP contribution in [0, 0.1) is 0 Å². The molecule has 5 nitrogen and oxygen atoms in total. The number of thioether (sulfide) groups is 1. The molecule has 31 heavy (non-hydrogen) atoms. The SMILES string of the molecule is CCCCCCCCCCCCS[C@@H]1O[C@@H]2COC(c3ccccc3)O[C@H]2[C@H](O)[C@H]1O. The summed E-state index contributed by atoms with van der Waals surface area (Å²) in [6, 6.07) is 9.66. The van der Waals surface area contributed by atoms with Gasteiger partial charge in [-0.3, -0.25) is 0 Å². The summed E-state index contributed by atoms with van der Waals surface area (Å²) in [6.07, 6.45) is 9.67. The standard InChI is InChI=1S/C25H40O5S/c1-2-3-4-5-6-7-8-9-10-14-17-31-25-22(27)21(26)23-20(29-25)18-28-24(30-23)19-15-12-11-13-16-19/h11-13,15-16,20-27H,2-10,14,17-18H2,1H3/t20-,21-,22-,23-,24?,25+/m1/s1. The fraction of sp³-hybridized carbons (Fsp3) is 0.760. The third kappa shape index (κ3) is 7.72. The third-order valence-corrected chi connectivity index (χ3v) is 7.43. The summed E-state index contributed by atoms with van der Waals surface area (Å²) in [7, 11) is 0. The lowest BCUT2D eigenvalue weighted by atomic mass is 9.99. The Morgan fingerprint density at radius 1 is 0.839 bits per heavy atom. The minimum atomic E-state index is -0.973. The first-order valence-corrected chi connectivity index (χ1v) is 13.2. The first-order valence-electron chi connectivity index (χ1n) is 12.2. The van der Waals surface area contributed by atoms with Crippen LogP contribution in [0.2, 0.25) is 0 Å². The van der Waals surface area contributed by atoms with Crippen molar-refractivity contribution in [2.75, 3.05) is 12.4 Å². The van der Waals surface area contributed by atoms with Crippen LogP contribution < -0.4 is 0 Å². The fourth-order valence-corrected chi connectivity index (χ4v) is 5.47. The van der Waals surface area contributed by atoms with Gasteiger partial charge in [-0.25, -0.2) is 0 Å². The molecule has 0 radical (unpaired) electrons. The molecule has 0 amide bonds. The van der Waals surface area contributed by atoms with Crippen molar-refractivity contribution in [1.29, 1.82) is 0 Å². The number of benzene rings is 1. The topological polar surface area (TPSA) is 68.2 Å². The van der Waals surface area contributed by atoms with Crippen molar-refractivity contribution in [1.82, 2.24) is 0 Å². The summed E-state index contributed by atoms with van der Waals surface area (Å²) < 4.78 is 17.8. The highest BCUT2D eigenvalue weighted by atomic mass is 32.2. The van der Waals surface area contributed by atoms with Gasteiger partial charge in [0.25, 0.3) is 0 Å². The normalized spacial score (nSPS) is 30.8. The van der Waals surface area contributed by atoms with Gasteiger partial charge in [0.05, 0.1) is 6.61 Å². The largest absolute Gasteiger partial charge is 0.387 e. The Hall–Kier alpha value is -0.630. The maximum Gasteiger partial charge on any atom is 0.184 e. The second-order valence-corrected chi connectivity index (χ2v) is 9.96. The van der Waals surface area contributed by atoms with Crippen molar-refractivity contribution >= 4 is 11.8 Å². The average Bonchev–Trinajstić information content (AvgIpc) is 2.81. The molecular weight excluding hydrogens is 412 g/mol. The second kappa shape index (κ2) is 13.8. The van der Waals surface area contributed by atoms with Gasteiger partial charge in [0.1, 0.15) is 29.9 Å². The van der Waals surface area contributed by atoms with Crippen molar-refractivity contribution < 1.29 is 24.4 Å². The van der Waals surface area contributed by atoms with E-state index in [-0.39, 0.29) is 6.10 Å². The van der Waals surface area contributed by atoms with E-state index in [1.807, 2.05) is 30.3 Å². The Balaban J connectivity index is 1.31. The maximum absolute atomic E-state index is 10.7. The molecule has 0 saturated carbocycles. The molecule has 176 valence electrons. The molecule has 2 saturated heterocycles. The van der Waals surface area contributed by atoms with Gasteiger partial charge in [-0.05, 0) is 12.2 Å². The number of hydrogen-bond acceptors (Lipinski definition) is 6. The number of aliphatic hydroxyl groups is 2. The number of ether oxygens (including phenoxy) is 3. The van der Waals surface area contributed by atoms with E-state index in [1.54, 1.807) is 11.8 Å². The molecule has 6 atom stereocenters. The van der Waals surface area contributed by atoms with Crippen molar-refractivity contribution in [3.8, 4) is 0 Å². The molecule has 0 bridgehead atoms. The zero-order chi connectivity index (χ0) is 21.9. The Labute approximate surface area is 191 Å². The number of hydrogen-bond donors (Lipinski definition) is 2. The molecule has 1 aromatic rings. The van der Waals surface area contributed by atoms with Crippen LogP contribution in [0.15, 0.2) is 30.3 Å². The Bertz CT molecular complexity index is 599. The van der Waals surface area contributed by atoms with Gasteiger partial charge >= 0.3 is 0 Å². The summed E-state index contributed by atoms with van der Waals surface area (Å²) in [5.74, 6) is 0.927. The van der Waals surface area contributed by atoms with E-state index < -0.39 is 30.0 Å². The summed E-state index contributed by atoms with van der Waals surface area (Å²) in [5, 5.41) is 21.2. The number of rotatable bonds is 13. The Morgan fingerprint density at radius 3 is 2.16 bits per heavy atom. The summed E-state index contributed by atoms with van der Waals surface area (Å²) in [5.41, 5.74) is 0.468. The lowest BCUT2D eigenvalue weighted by Gasteiger charge is -2.46. The molecule has 2 N–H and O–H groups in total. The molecular formula is C25H40O5S. The minimum absolute atomic E-state index is 0.351. The molecule has 2 heterocycles. The third-order valence-electron chi connectivity index (χ3n) is 6.19. The van der Waals surface area contributed by atoms with Crippen LogP contribution in [0.25, 0.3) is 0 Å². The van der Waals surface area contributed by atoms with Gasteiger partial charge in [-0.2, -0.15) is 0 Å². The van der Waals surface area contributed by atoms with E-state index in [2.05, 4.69) is 6.92 Å². The smallest absolute Gasteiger partial charge is 0.184 e. The molecule has 0 aromatic heterocycles. The molecule has 3 rings (SSSR count). The quantitative estimate of drug-likeness (QED) is 0.401. The fourth-order valence-electron chi connectivity index (χ4n) is 4.28. The molecule has 6 heteroatoms. The average molecular weight is 453 g/mol. The van der Waals surface area contributed by atoms with Crippen molar-refractivity contribution in [2.45, 2.75) is 107 Å². The van der Waals surface area contributed by atoms with Gasteiger partial charge in [0.15, 0.2) is 6.29 Å². The van der Waals surface area contributed by atoms with Crippen molar-refractivity contribution in [2.24, 2.45) is 0 Å². The van der Waals surface area contributed by atoms with Crippen LogP contribution in [-0.2, 0) is 14.2 Å². The van der Waals surface area contributed by atoms with E-state index >= 15 is 0 Å². The maximum atomic E-state index is 10.7. The lowest BCUT2D eigenvalue weighted by molar-refractivity contribution is -0.318. The van der Waals surface area contributed by atoms with E-state index in [0.29, 0.717) is 6.61 Å². The van der Waals surface area contributed by atoms with Gasteiger partial charge in [-0.15, -0.1) is 11.8 Å². The first kappa shape index (κ1) is 25.0. The van der Waals surface area contributed by atoms with E-state index in [1.165, 1.54) is 57.8 Å². The van der Waals surface area contributed by atoms with Gasteiger partial charge in [0, 0.05) is 5.56 Å². The summed E-state index contributed by atoms with van der Waals surface area (Å²) >= 11 is 1.60. The van der Waals surface area contributed by atoms with E-state index in [9.17, 15) is 10.2 Å². The molecule has 2 aliphatic rings. The van der Waals surface area contributed by atoms with Crippen LogP contribution in [-0.4, -0.2) is 52.4 Å². The highest BCUT2D eigenvalue weighted by Crippen LogP contribution is 2.37. The zero-order valence-electron chi connectivity index (χ0n) is 18.9. The van der Waals surface area contributed by atoms with Crippen LogP contribution in [0.4, 0.5) is 0 Å². The van der Waals surface area contributed by atoms with Crippen molar-refractivity contribution in [3.63, 3.8) is 0 Å². The number of aliphatic hydroxyl groups excluding tert-OH is 2. The second-order valence-electron chi connectivity index (χ2n) is 8.75. The van der Waals surface area contributed by atoms with Gasteiger partial charge in [0.2, 0.25) is 0 Å². The Morgan fingerprint density at radius 2 is 1.48 bits per heavy atom. The van der Waals surface area contributed by atoms with Crippen molar-refractivity contribution in [3.05, 3.63) is 35.9 Å². The van der Waals surface area contributed by atoms with Crippen LogP contribution >= 0.6 is 11.8 Å². The summed E-state index contributed by atoms with van der Waals surface area (Å²) in [4.78, 5) is 0. The van der Waals surface area contributed by atoms with E-state index in [0.717, 1.165) is 17.7 Å².